The van der Waals surface area contributed by atoms with Gasteiger partial charge in [-0.3, -0.25) is 0 Å². The first-order valence-electron chi connectivity index (χ1n) is 21.3. The van der Waals surface area contributed by atoms with Crippen LogP contribution in [-0.4, -0.2) is 20.6 Å². The average Bonchev–Trinajstić information content (AvgIpc) is 3.87. The molecule has 10 aromatic rings. The lowest BCUT2D eigenvalue weighted by molar-refractivity contribution is 0.759. The lowest BCUT2D eigenvalue weighted by Gasteiger charge is -2.31. The molecule has 2 aliphatic rings. The van der Waals surface area contributed by atoms with Crippen molar-refractivity contribution < 1.29 is 0 Å². The molecular formula is C58H40N4. The molecule has 3 heterocycles. The number of nitrogens with zero attached hydrogens (tertiary/aromatic N) is 4. The molecule has 12 rings (SSSR count). The maximum atomic E-state index is 5.09. The molecule has 8 aromatic carbocycles. The summed E-state index contributed by atoms with van der Waals surface area (Å²) >= 11 is 0. The van der Waals surface area contributed by atoms with E-state index in [1.165, 1.54) is 66.7 Å². The topological polar surface area (TPSA) is 34.0 Å². The minimum Gasteiger partial charge on any atom is -0.333 e. The van der Waals surface area contributed by atoms with E-state index in [1.54, 1.807) is 0 Å². The van der Waals surface area contributed by atoms with Crippen molar-refractivity contribution in [3.8, 4) is 50.7 Å². The molecule has 4 heteroatoms. The highest BCUT2D eigenvalue weighted by atomic mass is 15.2. The van der Waals surface area contributed by atoms with E-state index in [0.717, 1.165) is 33.9 Å². The second-order valence-electron chi connectivity index (χ2n) is 16.1. The zero-order chi connectivity index (χ0) is 41.0. The molecule has 1 aliphatic heterocycles. The molecule has 2 atom stereocenters. The number of allylic oxidation sites excluding steroid dienone is 2. The molecule has 62 heavy (non-hydrogen) atoms. The van der Waals surface area contributed by atoms with Gasteiger partial charge >= 0.3 is 0 Å². The fourth-order valence-electron chi connectivity index (χ4n) is 9.70. The molecule has 0 amide bonds. The van der Waals surface area contributed by atoms with Crippen molar-refractivity contribution in [1.29, 1.82) is 0 Å². The van der Waals surface area contributed by atoms with E-state index in [-0.39, 0.29) is 12.0 Å². The molecule has 0 bridgehead atoms. The Hall–Kier alpha value is -8.08. The summed E-state index contributed by atoms with van der Waals surface area (Å²) in [5.74, 6) is 0.900. The SMILES string of the molecule is C1=CC2C(C(c3ccc(-c4cc(-c5ccccc5)nc(-c5ccccc5)n4)cc3)=C1)c1ccccc1N2c1ccc(-c2ccc3c(c2)c2ccccc2n3-c2ccccc2)cc1. The maximum absolute atomic E-state index is 5.09. The summed E-state index contributed by atoms with van der Waals surface area (Å²) in [6.07, 6.45) is 6.90. The van der Waals surface area contributed by atoms with Crippen molar-refractivity contribution in [2.24, 2.45) is 0 Å². The number of aromatic nitrogens is 3. The van der Waals surface area contributed by atoms with Gasteiger partial charge < -0.3 is 9.47 Å². The van der Waals surface area contributed by atoms with Crippen molar-refractivity contribution in [2.75, 3.05) is 4.90 Å². The number of benzene rings is 8. The fraction of sp³-hybridized carbons (Fsp3) is 0.0345. The van der Waals surface area contributed by atoms with E-state index in [9.17, 15) is 0 Å². The Morgan fingerprint density at radius 1 is 0.403 bits per heavy atom. The van der Waals surface area contributed by atoms with Crippen LogP contribution in [0, 0.1) is 0 Å². The lowest BCUT2D eigenvalue weighted by atomic mass is 9.80. The van der Waals surface area contributed by atoms with Gasteiger partial charge in [0.2, 0.25) is 0 Å². The van der Waals surface area contributed by atoms with Gasteiger partial charge in [0.05, 0.1) is 28.5 Å². The van der Waals surface area contributed by atoms with E-state index in [0.29, 0.717) is 0 Å². The Kier molecular flexibility index (Phi) is 8.60. The number of hydrogen-bond acceptors (Lipinski definition) is 3. The molecule has 0 saturated carbocycles. The minimum absolute atomic E-state index is 0.141. The normalized spacial score (nSPS) is 15.4. The fourth-order valence-corrected chi connectivity index (χ4v) is 9.70. The molecular weight excluding hydrogens is 753 g/mol. The standard InChI is InChI=1S/C58H40N4/c1-4-15-41(16-5-1)51-38-52(60-58(59-51)43-17-6-2-7-18-43)42-29-27-40(28-30-42)47-23-14-26-56-57(47)49-22-11-13-25-54(49)62(56)46-34-31-39(32-35-46)44-33-36-55-50(37-44)48-21-10-12-24-53(48)61(55)45-19-8-3-9-20-45/h1-38,56-57H. The Labute approximate surface area is 361 Å². The molecule has 2 unspecified atom stereocenters. The molecule has 0 radical (unpaired) electrons. The van der Waals surface area contributed by atoms with E-state index >= 15 is 0 Å². The quantitative estimate of drug-likeness (QED) is 0.161. The number of para-hydroxylation sites is 3. The van der Waals surface area contributed by atoms with E-state index in [1.807, 2.05) is 24.3 Å². The van der Waals surface area contributed by atoms with Crippen molar-refractivity contribution in [3.05, 3.63) is 242 Å². The lowest BCUT2D eigenvalue weighted by Crippen LogP contribution is -2.30. The Morgan fingerprint density at radius 2 is 0.984 bits per heavy atom. The first kappa shape index (κ1) is 35.8. The van der Waals surface area contributed by atoms with Gasteiger partial charge in [0, 0.05) is 50.4 Å². The third-order valence-corrected chi connectivity index (χ3v) is 12.6. The first-order valence-corrected chi connectivity index (χ1v) is 21.3. The van der Waals surface area contributed by atoms with E-state index < -0.39 is 0 Å². The highest BCUT2D eigenvalue weighted by Crippen LogP contribution is 2.52. The summed E-state index contributed by atoms with van der Waals surface area (Å²) < 4.78 is 2.37. The maximum Gasteiger partial charge on any atom is 0.160 e. The average molecular weight is 793 g/mol. The van der Waals surface area contributed by atoms with Gasteiger partial charge in [-0.25, -0.2) is 9.97 Å². The zero-order valence-corrected chi connectivity index (χ0v) is 33.9. The van der Waals surface area contributed by atoms with Gasteiger partial charge in [0.25, 0.3) is 0 Å². The summed E-state index contributed by atoms with van der Waals surface area (Å²) in [6.45, 7) is 0. The van der Waals surface area contributed by atoms with Crippen LogP contribution in [-0.2, 0) is 0 Å². The van der Waals surface area contributed by atoms with Crippen LogP contribution in [0.5, 0.6) is 0 Å². The van der Waals surface area contributed by atoms with Gasteiger partial charge in [-0.05, 0) is 82.4 Å². The van der Waals surface area contributed by atoms with Gasteiger partial charge in [-0.15, -0.1) is 0 Å². The van der Waals surface area contributed by atoms with Crippen LogP contribution in [0.3, 0.4) is 0 Å². The summed E-state index contributed by atoms with van der Waals surface area (Å²) in [5.41, 5.74) is 17.3. The summed E-state index contributed by atoms with van der Waals surface area (Å²) in [4.78, 5) is 12.6. The molecule has 0 fully saturated rings. The van der Waals surface area contributed by atoms with Gasteiger partial charge in [-0.1, -0.05) is 176 Å². The van der Waals surface area contributed by atoms with Crippen LogP contribution in [0.1, 0.15) is 17.0 Å². The highest BCUT2D eigenvalue weighted by molar-refractivity contribution is 6.10. The van der Waals surface area contributed by atoms with Gasteiger partial charge in [0.1, 0.15) is 0 Å². The molecule has 0 spiro atoms. The van der Waals surface area contributed by atoms with Gasteiger partial charge in [0.15, 0.2) is 5.82 Å². The minimum atomic E-state index is 0.141. The smallest absolute Gasteiger partial charge is 0.160 e. The zero-order valence-electron chi connectivity index (χ0n) is 33.9. The van der Waals surface area contributed by atoms with Crippen LogP contribution in [0.2, 0.25) is 0 Å². The van der Waals surface area contributed by atoms with Crippen LogP contribution in [0.4, 0.5) is 11.4 Å². The summed E-state index contributed by atoms with van der Waals surface area (Å²) in [5, 5.41) is 2.52. The molecule has 4 nitrogen and oxygen atoms in total. The van der Waals surface area contributed by atoms with Gasteiger partial charge in [-0.2, -0.15) is 0 Å². The van der Waals surface area contributed by atoms with Crippen molar-refractivity contribution in [2.45, 2.75) is 12.0 Å². The number of rotatable bonds is 7. The molecule has 292 valence electrons. The predicted molar refractivity (Wildman–Crippen MR) is 257 cm³/mol. The second kappa shape index (κ2) is 14.9. The first-order chi connectivity index (χ1) is 30.7. The second-order valence-corrected chi connectivity index (χ2v) is 16.1. The molecule has 0 saturated heterocycles. The largest absolute Gasteiger partial charge is 0.333 e. The van der Waals surface area contributed by atoms with Crippen molar-refractivity contribution in [3.63, 3.8) is 0 Å². The third kappa shape index (κ3) is 6.07. The van der Waals surface area contributed by atoms with Crippen LogP contribution in [0.15, 0.2) is 231 Å². The Balaban J connectivity index is 0.860. The van der Waals surface area contributed by atoms with Crippen LogP contribution in [0.25, 0.3) is 78.1 Å². The van der Waals surface area contributed by atoms with Crippen LogP contribution < -0.4 is 4.90 Å². The third-order valence-electron chi connectivity index (χ3n) is 12.6. The Morgan fingerprint density at radius 3 is 1.74 bits per heavy atom. The van der Waals surface area contributed by atoms with Crippen molar-refractivity contribution >= 4 is 38.8 Å². The van der Waals surface area contributed by atoms with Crippen molar-refractivity contribution in [1.82, 2.24) is 14.5 Å². The molecule has 2 aromatic heterocycles. The summed E-state index contributed by atoms with van der Waals surface area (Å²) in [7, 11) is 0. The number of hydrogen-bond donors (Lipinski definition) is 0. The molecule has 0 N–H and O–H groups in total. The van der Waals surface area contributed by atoms with E-state index in [4.69, 9.17) is 9.97 Å². The summed E-state index contributed by atoms with van der Waals surface area (Å²) in [6, 6.07) is 76.1. The molecule has 1 aliphatic carbocycles. The van der Waals surface area contributed by atoms with Crippen LogP contribution >= 0.6 is 0 Å². The highest BCUT2D eigenvalue weighted by Gasteiger charge is 2.41. The van der Waals surface area contributed by atoms with E-state index in [2.05, 4.69) is 216 Å². The predicted octanol–water partition coefficient (Wildman–Crippen LogP) is 14.5. The number of anilines is 2. The Bertz CT molecular complexity index is 3270. The number of fused-ring (bicyclic) bond motifs is 6. The monoisotopic (exact) mass is 792 g/mol.